The number of nitrogens with one attached hydrogen (secondary N) is 1. The average Bonchev–Trinajstić information content (AvgIpc) is 2.89. The number of carbonyl (C=O) groups excluding carboxylic acids is 1. The number of thiazole rings is 1. The van der Waals surface area contributed by atoms with Crippen LogP contribution in [0.1, 0.15) is 31.4 Å². The van der Waals surface area contributed by atoms with Gasteiger partial charge in [0.05, 0.1) is 5.60 Å². The number of carbonyl (C=O) groups is 1. The summed E-state index contributed by atoms with van der Waals surface area (Å²) in [5, 5.41) is 14.5. The van der Waals surface area contributed by atoms with E-state index in [0.717, 1.165) is 42.7 Å². The maximum atomic E-state index is 11.7. The first-order valence-corrected chi connectivity index (χ1v) is 7.02. The molecule has 1 amide bonds. The summed E-state index contributed by atoms with van der Waals surface area (Å²) < 4.78 is 1.44. The summed E-state index contributed by atoms with van der Waals surface area (Å²) in [6.07, 6.45) is 3.50. The van der Waals surface area contributed by atoms with Crippen LogP contribution in [0, 0.1) is 6.92 Å². The second-order valence-electron chi connectivity index (χ2n) is 4.94. The number of aryl methyl sites for hydroxylation is 1. The van der Waals surface area contributed by atoms with Gasteiger partial charge in [-0.05, 0) is 19.8 Å². The fourth-order valence-corrected chi connectivity index (χ4v) is 3.00. The van der Waals surface area contributed by atoms with Gasteiger partial charge in [-0.15, -0.1) is 0 Å². The Labute approximate surface area is 109 Å². The molecule has 1 aliphatic carbocycles. The SMILES string of the molecule is Cc1csc(=O)n1CC(=O)NCC1(O)CCCC1. The first-order chi connectivity index (χ1) is 8.50. The normalized spacial score (nSPS) is 17.9. The molecule has 0 bridgehead atoms. The van der Waals surface area contributed by atoms with Gasteiger partial charge in [-0.25, -0.2) is 0 Å². The number of rotatable bonds is 4. The second-order valence-corrected chi connectivity index (χ2v) is 5.76. The standard InChI is InChI=1S/C12H18N2O3S/c1-9-7-18-11(16)14(9)6-10(15)13-8-12(17)4-2-3-5-12/h7,17H,2-6,8H2,1H3,(H,13,15). The molecule has 1 aromatic rings. The van der Waals surface area contributed by atoms with Crippen LogP contribution in [0.4, 0.5) is 0 Å². The van der Waals surface area contributed by atoms with Gasteiger partial charge in [0.2, 0.25) is 5.91 Å². The van der Waals surface area contributed by atoms with Gasteiger partial charge in [0.1, 0.15) is 6.54 Å². The molecule has 100 valence electrons. The van der Waals surface area contributed by atoms with Crippen LogP contribution in [-0.2, 0) is 11.3 Å². The Morgan fingerprint density at radius 3 is 2.78 bits per heavy atom. The number of aliphatic hydroxyl groups is 1. The molecule has 0 aliphatic heterocycles. The monoisotopic (exact) mass is 270 g/mol. The van der Waals surface area contributed by atoms with Gasteiger partial charge in [0.25, 0.3) is 0 Å². The van der Waals surface area contributed by atoms with Gasteiger partial charge >= 0.3 is 4.87 Å². The van der Waals surface area contributed by atoms with Crippen LogP contribution in [0.25, 0.3) is 0 Å². The highest BCUT2D eigenvalue weighted by molar-refractivity contribution is 7.07. The molecule has 18 heavy (non-hydrogen) atoms. The van der Waals surface area contributed by atoms with Crippen molar-refractivity contribution in [3.05, 3.63) is 20.7 Å². The van der Waals surface area contributed by atoms with Gasteiger partial charge in [0, 0.05) is 17.6 Å². The zero-order valence-corrected chi connectivity index (χ0v) is 11.3. The molecule has 2 rings (SSSR count). The lowest BCUT2D eigenvalue weighted by atomic mass is 10.0. The molecule has 1 heterocycles. The number of nitrogens with zero attached hydrogens (tertiary/aromatic N) is 1. The maximum absolute atomic E-state index is 11.7. The van der Waals surface area contributed by atoms with E-state index in [1.807, 2.05) is 0 Å². The Morgan fingerprint density at radius 2 is 2.22 bits per heavy atom. The van der Waals surface area contributed by atoms with E-state index in [0.29, 0.717) is 0 Å². The van der Waals surface area contributed by atoms with E-state index in [4.69, 9.17) is 0 Å². The average molecular weight is 270 g/mol. The first kappa shape index (κ1) is 13.3. The molecule has 1 saturated carbocycles. The zero-order valence-electron chi connectivity index (χ0n) is 10.4. The van der Waals surface area contributed by atoms with E-state index in [1.54, 1.807) is 12.3 Å². The molecule has 1 fully saturated rings. The van der Waals surface area contributed by atoms with E-state index in [1.165, 1.54) is 4.57 Å². The van der Waals surface area contributed by atoms with Crippen molar-refractivity contribution in [2.45, 2.75) is 44.8 Å². The minimum atomic E-state index is -0.746. The summed E-state index contributed by atoms with van der Waals surface area (Å²) in [5.41, 5.74) is 0.0457. The van der Waals surface area contributed by atoms with E-state index in [2.05, 4.69) is 5.32 Å². The third kappa shape index (κ3) is 3.00. The topological polar surface area (TPSA) is 71.3 Å². The predicted octanol–water partition coefficient (Wildman–Crippen LogP) is 0.640. The molecule has 0 saturated heterocycles. The molecule has 0 spiro atoms. The lowest BCUT2D eigenvalue weighted by molar-refractivity contribution is -0.123. The van der Waals surface area contributed by atoms with Crippen LogP contribution in [-0.4, -0.2) is 27.7 Å². The summed E-state index contributed by atoms with van der Waals surface area (Å²) in [6, 6.07) is 0. The van der Waals surface area contributed by atoms with Crippen molar-refractivity contribution in [2.24, 2.45) is 0 Å². The largest absolute Gasteiger partial charge is 0.388 e. The Kier molecular flexibility index (Phi) is 3.87. The van der Waals surface area contributed by atoms with E-state index < -0.39 is 5.60 Å². The lowest BCUT2D eigenvalue weighted by Gasteiger charge is -2.22. The summed E-state index contributed by atoms with van der Waals surface area (Å²) in [7, 11) is 0. The lowest BCUT2D eigenvalue weighted by Crippen LogP contribution is -2.42. The van der Waals surface area contributed by atoms with Gasteiger partial charge in [0.15, 0.2) is 0 Å². The molecule has 5 nitrogen and oxygen atoms in total. The molecule has 1 aliphatic rings. The molecule has 0 unspecified atom stereocenters. The molecule has 1 aromatic heterocycles. The third-order valence-electron chi connectivity index (χ3n) is 3.43. The van der Waals surface area contributed by atoms with Gasteiger partial charge in [-0.2, -0.15) is 0 Å². The summed E-state index contributed by atoms with van der Waals surface area (Å²) in [5.74, 6) is -0.223. The molecular weight excluding hydrogens is 252 g/mol. The van der Waals surface area contributed by atoms with Crippen LogP contribution >= 0.6 is 11.3 Å². The van der Waals surface area contributed by atoms with E-state index >= 15 is 0 Å². The third-order valence-corrected chi connectivity index (χ3v) is 4.31. The van der Waals surface area contributed by atoms with Crippen LogP contribution in [0.15, 0.2) is 10.2 Å². The quantitative estimate of drug-likeness (QED) is 0.843. The Hall–Kier alpha value is -1.14. The maximum Gasteiger partial charge on any atom is 0.307 e. The number of amides is 1. The highest BCUT2D eigenvalue weighted by Gasteiger charge is 2.31. The van der Waals surface area contributed by atoms with E-state index in [-0.39, 0.29) is 23.9 Å². The van der Waals surface area contributed by atoms with Crippen molar-refractivity contribution in [2.75, 3.05) is 6.54 Å². The Balaban J connectivity index is 1.88. The molecule has 0 aromatic carbocycles. The predicted molar refractivity (Wildman–Crippen MR) is 69.7 cm³/mol. The highest BCUT2D eigenvalue weighted by atomic mass is 32.1. The van der Waals surface area contributed by atoms with E-state index in [9.17, 15) is 14.7 Å². The van der Waals surface area contributed by atoms with Gasteiger partial charge in [-0.1, -0.05) is 24.2 Å². The van der Waals surface area contributed by atoms with Crippen LogP contribution < -0.4 is 10.2 Å². The number of aromatic nitrogens is 1. The highest BCUT2D eigenvalue weighted by Crippen LogP contribution is 2.28. The molecule has 6 heteroatoms. The Bertz CT molecular complexity index is 486. The smallest absolute Gasteiger partial charge is 0.307 e. The number of hydrogen-bond acceptors (Lipinski definition) is 4. The fourth-order valence-electron chi connectivity index (χ4n) is 2.27. The van der Waals surface area contributed by atoms with Crippen molar-refractivity contribution in [1.29, 1.82) is 0 Å². The van der Waals surface area contributed by atoms with Crippen molar-refractivity contribution in [3.63, 3.8) is 0 Å². The van der Waals surface area contributed by atoms with Crippen LogP contribution in [0.3, 0.4) is 0 Å². The molecule has 0 radical (unpaired) electrons. The summed E-state index contributed by atoms with van der Waals surface area (Å²) in [6.45, 7) is 2.11. The van der Waals surface area contributed by atoms with Crippen molar-refractivity contribution in [3.8, 4) is 0 Å². The zero-order chi connectivity index (χ0) is 13.2. The van der Waals surface area contributed by atoms with Crippen molar-refractivity contribution < 1.29 is 9.90 Å². The minimum absolute atomic E-state index is 0.0320. The van der Waals surface area contributed by atoms with Crippen molar-refractivity contribution in [1.82, 2.24) is 9.88 Å². The summed E-state index contributed by atoms with van der Waals surface area (Å²) in [4.78, 5) is 23.1. The van der Waals surface area contributed by atoms with Gasteiger partial charge < -0.3 is 10.4 Å². The first-order valence-electron chi connectivity index (χ1n) is 6.14. The molecular formula is C12H18N2O3S. The van der Waals surface area contributed by atoms with Crippen LogP contribution in [0.5, 0.6) is 0 Å². The molecule has 2 N–H and O–H groups in total. The Morgan fingerprint density at radius 1 is 1.56 bits per heavy atom. The van der Waals surface area contributed by atoms with Gasteiger partial charge in [-0.3, -0.25) is 14.2 Å². The van der Waals surface area contributed by atoms with Crippen LogP contribution in [0.2, 0.25) is 0 Å². The second kappa shape index (κ2) is 5.24. The van der Waals surface area contributed by atoms with Crippen molar-refractivity contribution >= 4 is 17.2 Å². The fraction of sp³-hybridized carbons (Fsp3) is 0.667. The number of hydrogen-bond donors (Lipinski definition) is 2. The minimum Gasteiger partial charge on any atom is -0.388 e. The summed E-state index contributed by atoms with van der Waals surface area (Å²) >= 11 is 1.09. The molecule has 0 atom stereocenters.